The summed E-state index contributed by atoms with van der Waals surface area (Å²) in [4.78, 5) is 10.3. The van der Waals surface area contributed by atoms with E-state index in [-0.39, 0.29) is 11.4 Å². The molecular formula is C16H19N3O4S. The maximum Gasteiger partial charge on any atom is 0.269 e. The van der Waals surface area contributed by atoms with Gasteiger partial charge < -0.3 is 5.32 Å². The van der Waals surface area contributed by atoms with Crippen LogP contribution in [0.1, 0.15) is 16.7 Å². The van der Waals surface area contributed by atoms with Crippen LogP contribution in [-0.4, -0.2) is 20.4 Å². The summed E-state index contributed by atoms with van der Waals surface area (Å²) in [6, 6.07) is 11.9. The van der Waals surface area contributed by atoms with Crippen molar-refractivity contribution in [3.8, 4) is 0 Å². The van der Waals surface area contributed by atoms with E-state index in [0.29, 0.717) is 12.1 Å². The predicted octanol–water partition coefficient (Wildman–Crippen LogP) is 2.56. The quantitative estimate of drug-likeness (QED) is 0.591. The van der Waals surface area contributed by atoms with Crippen molar-refractivity contribution in [1.82, 2.24) is 4.72 Å². The number of nitro groups is 1. The summed E-state index contributed by atoms with van der Waals surface area (Å²) in [5.41, 5.74) is 3.37. The first-order chi connectivity index (χ1) is 11.3. The van der Waals surface area contributed by atoms with E-state index in [1.165, 1.54) is 19.2 Å². The summed E-state index contributed by atoms with van der Waals surface area (Å²) in [6.07, 6.45) is 0. The number of nitrogens with zero attached hydrogens (tertiary/aromatic N) is 1. The Kier molecular flexibility index (Phi) is 5.53. The Bertz CT molecular complexity index is 833. The molecule has 0 aromatic heterocycles. The molecule has 0 radical (unpaired) electrons. The van der Waals surface area contributed by atoms with Crippen molar-refractivity contribution in [3.05, 3.63) is 69.3 Å². The molecule has 0 atom stereocenters. The number of benzene rings is 2. The fourth-order valence-electron chi connectivity index (χ4n) is 2.20. The van der Waals surface area contributed by atoms with Gasteiger partial charge >= 0.3 is 0 Å². The lowest BCUT2D eigenvalue weighted by atomic mass is 10.1. The number of nitrogens with one attached hydrogen (secondary N) is 2. The number of sulfonamides is 1. The lowest BCUT2D eigenvalue weighted by Gasteiger charge is -2.10. The molecule has 7 nitrogen and oxygen atoms in total. The summed E-state index contributed by atoms with van der Waals surface area (Å²) >= 11 is 0. The van der Waals surface area contributed by atoms with E-state index < -0.39 is 14.9 Å². The van der Waals surface area contributed by atoms with Crippen molar-refractivity contribution in [1.29, 1.82) is 0 Å². The van der Waals surface area contributed by atoms with Crippen LogP contribution in [-0.2, 0) is 22.3 Å². The highest BCUT2D eigenvalue weighted by molar-refractivity contribution is 7.88. The third-order valence-corrected chi connectivity index (χ3v) is 4.93. The van der Waals surface area contributed by atoms with Gasteiger partial charge in [0, 0.05) is 24.4 Å². The molecule has 24 heavy (non-hydrogen) atoms. The van der Waals surface area contributed by atoms with Crippen molar-refractivity contribution >= 4 is 21.4 Å². The standard InChI is InChI=1S/C16H19N3O4S/c1-12-9-15(19(20)21)7-8-16(12)18-10-13-3-5-14(6-4-13)11-24(22,23)17-2/h3-9,17-18H,10-11H2,1-2H3. The Morgan fingerprint density at radius 3 is 2.25 bits per heavy atom. The molecule has 0 fully saturated rings. The molecule has 2 aromatic carbocycles. The van der Waals surface area contributed by atoms with Gasteiger partial charge in [-0.3, -0.25) is 10.1 Å². The van der Waals surface area contributed by atoms with Crippen LogP contribution in [0.4, 0.5) is 11.4 Å². The second-order valence-corrected chi connectivity index (χ2v) is 7.32. The summed E-state index contributed by atoms with van der Waals surface area (Å²) in [5, 5.41) is 14.0. The van der Waals surface area contributed by atoms with Crippen LogP contribution in [0.5, 0.6) is 0 Å². The minimum absolute atomic E-state index is 0.0569. The Hall–Kier alpha value is -2.45. The van der Waals surface area contributed by atoms with Crippen LogP contribution in [0.25, 0.3) is 0 Å². The molecule has 2 rings (SSSR count). The second kappa shape index (κ2) is 7.41. The number of rotatable bonds is 7. The molecule has 0 aliphatic heterocycles. The minimum atomic E-state index is -3.28. The van der Waals surface area contributed by atoms with Gasteiger partial charge in [0.05, 0.1) is 10.7 Å². The first kappa shape index (κ1) is 17.9. The highest BCUT2D eigenvalue weighted by atomic mass is 32.2. The molecule has 0 spiro atoms. The zero-order chi connectivity index (χ0) is 17.7. The zero-order valence-electron chi connectivity index (χ0n) is 13.4. The van der Waals surface area contributed by atoms with Crippen molar-refractivity contribution < 1.29 is 13.3 Å². The molecular weight excluding hydrogens is 330 g/mol. The number of nitro benzene ring substituents is 1. The average Bonchev–Trinajstić information content (AvgIpc) is 2.54. The molecule has 0 saturated carbocycles. The van der Waals surface area contributed by atoms with Gasteiger partial charge in [0.1, 0.15) is 0 Å². The van der Waals surface area contributed by atoms with E-state index in [4.69, 9.17) is 0 Å². The van der Waals surface area contributed by atoms with Crippen molar-refractivity contribution in [2.75, 3.05) is 12.4 Å². The summed E-state index contributed by atoms with van der Waals surface area (Å²) < 4.78 is 25.3. The van der Waals surface area contributed by atoms with Crippen LogP contribution < -0.4 is 10.0 Å². The largest absolute Gasteiger partial charge is 0.381 e. The molecule has 0 aliphatic rings. The normalized spacial score (nSPS) is 11.2. The SMILES string of the molecule is CNS(=O)(=O)Cc1ccc(CNc2ccc([N+](=O)[O-])cc2C)cc1. The average molecular weight is 349 g/mol. The first-order valence-corrected chi connectivity index (χ1v) is 8.94. The fourth-order valence-corrected chi connectivity index (χ4v) is 2.98. The van der Waals surface area contributed by atoms with E-state index >= 15 is 0 Å². The molecule has 0 heterocycles. The maximum absolute atomic E-state index is 11.5. The Labute approximate surface area is 140 Å². The number of hydrogen-bond donors (Lipinski definition) is 2. The molecule has 8 heteroatoms. The topological polar surface area (TPSA) is 101 Å². The number of anilines is 1. The smallest absolute Gasteiger partial charge is 0.269 e. The van der Waals surface area contributed by atoms with E-state index in [2.05, 4.69) is 10.0 Å². The Morgan fingerprint density at radius 1 is 1.08 bits per heavy atom. The Balaban J connectivity index is 2.01. The lowest BCUT2D eigenvalue weighted by Crippen LogP contribution is -2.20. The van der Waals surface area contributed by atoms with Crippen molar-refractivity contribution in [2.45, 2.75) is 19.2 Å². The summed E-state index contributed by atoms with van der Waals surface area (Å²) in [7, 11) is -1.89. The number of non-ortho nitro benzene ring substituents is 1. The first-order valence-electron chi connectivity index (χ1n) is 7.28. The molecule has 128 valence electrons. The highest BCUT2D eigenvalue weighted by Crippen LogP contribution is 2.21. The van der Waals surface area contributed by atoms with E-state index in [9.17, 15) is 18.5 Å². The van der Waals surface area contributed by atoms with Crippen molar-refractivity contribution in [3.63, 3.8) is 0 Å². The van der Waals surface area contributed by atoms with Crippen LogP contribution in [0.3, 0.4) is 0 Å². The van der Waals surface area contributed by atoms with Crippen LogP contribution >= 0.6 is 0 Å². The molecule has 0 saturated heterocycles. The third-order valence-electron chi connectivity index (χ3n) is 3.59. The van der Waals surface area contributed by atoms with Gasteiger partial charge in [0.25, 0.3) is 5.69 Å². The van der Waals surface area contributed by atoms with Gasteiger partial charge in [0.15, 0.2) is 0 Å². The van der Waals surface area contributed by atoms with Gasteiger partial charge in [-0.25, -0.2) is 13.1 Å². The zero-order valence-corrected chi connectivity index (χ0v) is 14.3. The molecule has 0 unspecified atom stereocenters. The molecule has 0 bridgehead atoms. The van der Waals surface area contributed by atoms with Gasteiger partial charge in [-0.05, 0) is 36.7 Å². The summed E-state index contributed by atoms with van der Waals surface area (Å²) in [5.74, 6) is -0.0569. The summed E-state index contributed by atoms with van der Waals surface area (Å²) in [6.45, 7) is 2.35. The van der Waals surface area contributed by atoms with Gasteiger partial charge in [-0.15, -0.1) is 0 Å². The van der Waals surface area contributed by atoms with Crippen molar-refractivity contribution in [2.24, 2.45) is 0 Å². The van der Waals surface area contributed by atoms with Crippen LogP contribution in [0, 0.1) is 17.0 Å². The predicted molar refractivity (Wildman–Crippen MR) is 93.3 cm³/mol. The van der Waals surface area contributed by atoms with Gasteiger partial charge in [-0.1, -0.05) is 24.3 Å². The highest BCUT2D eigenvalue weighted by Gasteiger charge is 2.09. The minimum Gasteiger partial charge on any atom is -0.381 e. The van der Waals surface area contributed by atoms with E-state index in [1.807, 2.05) is 12.1 Å². The van der Waals surface area contributed by atoms with E-state index in [0.717, 1.165) is 16.8 Å². The second-order valence-electron chi connectivity index (χ2n) is 5.39. The molecule has 2 N–H and O–H groups in total. The fraction of sp³-hybridized carbons (Fsp3) is 0.250. The Morgan fingerprint density at radius 2 is 1.71 bits per heavy atom. The number of hydrogen-bond acceptors (Lipinski definition) is 5. The number of aryl methyl sites for hydroxylation is 1. The van der Waals surface area contributed by atoms with Gasteiger partial charge in [0.2, 0.25) is 10.0 Å². The van der Waals surface area contributed by atoms with Crippen LogP contribution in [0.15, 0.2) is 42.5 Å². The maximum atomic E-state index is 11.5. The monoisotopic (exact) mass is 349 g/mol. The lowest BCUT2D eigenvalue weighted by molar-refractivity contribution is -0.384. The molecule has 0 amide bonds. The van der Waals surface area contributed by atoms with Crippen LogP contribution in [0.2, 0.25) is 0 Å². The van der Waals surface area contributed by atoms with E-state index in [1.54, 1.807) is 25.1 Å². The molecule has 2 aromatic rings. The van der Waals surface area contributed by atoms with Gasteiger partial charge in [-0.2, -0.15) is 0 Å². The third kappa shape index (κ3) is 4.77. The molecule has 0 aliphatic carbocycles.